The Kier molecular flexibility index (Phi) is 5.05. The molecule has 3 nitrogen and oxygen atoms in total. The molecule has 0 fully saturated rings. The zero-order valence-corrected chi connectivity index (χ0v) is 15.0. The maximum absolute atomic E-state index is 5.96. The fraction of sp³-hybridized carbons (Fsp3) is 0.0952. The molecule has 0 saturated heterocycles. The molecular weight excluding hydrogens is 330 g/mol. The van der Waals surface area contributed by atoms with Crippen LogP contribution in [-0.2, 0) is 0 Å². The summed E-state index contributed by atoms with van der Waals surface area (Å²) in [4.78, 5) is 4.34. The van der Waals surface area contributed by atoms with Gasteiger partial charge in [0, 0.05) is 22.1 Å². The molecule has 0 aliphatic heterocycles. The summed E-state index contributed by atoms with van der Waals surface area (Å²) in [5.41, 5.74) is 11.4. The number of nitrogens with zero attached hydrogens (tertiary/aromatic N) is 2. The highest BCUT2D eigenvalue weighted by molar-refractivity contribution is 6.30. The van der Waals surface area contributed by atoms with Gasteiger partial charge in [0.1, 0.15) is 5.84 Å². The maximum Gasteiger partial charge on any atom is 0.124 e. The van der Waals surface area contributed by atoms with E-state index in [2.05, 4.69) is 59.8 Å². The van der Waals surface area contributed by atoms with Gasteiger partial charge in [0.15, 0.2) is 0 Å². The predicted octanol–water partition coefficient (Wildman–Crippen LogP) is 5.45. The van der Waals surface area contributed by atoms with Crippen molar-refractivity contribution in [1.82, 2.24) is 4.57 Å². The Bertz CT molecular complexity index is 897. The zero-order valence-electron chi connectivity index (χ0n) is 14.3. The van der Waals surface area contributed by atoms with Crippen molar-refractivity contribution in [3.8, 4) is 5.69 Å². The zero-order chi connectivity index (χ0) is 17.8. The molecule has 0 atom stereocenters. The highest BCUT2D eigenvalue weighted by atomic mass is 35.5. The van der Waals surface area contributed by atoms with Crippen LogP contribution in [0.5, 0.6) is 0 Å². The highest BCUT2D eigenvalue weighted by Gasteiger charge is 2.03. The molecule has 0 aliphatic carbocycles. The molecule has 2 aromatic carbocycles. The van der Waals surface area contributed by atoms with Crippen molar-refractivity contribution in [3.05, 3.63) is 88.7 Å². The van der Waals surface area contributed by atoms with E-state index in [1.807, 2.05) is 18.2 Å². The lowest BCUT2D eigenvalue weighted by Crippen LogP contribution is -2.06. The molecule has 4 heteroatoms. The molecule has 3 rings (SSSR count). The Morgan fingerprint density at radius 1 is 0.920 bits per heavy atom. The Morgan fingerprint density at radius 3 is 2.12 bits per heavy atom. The average molecular weight is 350 g/mol. The Labute approximate surface area is 153 Å². The van der Waals surface area contributed by atoms with Gasteiger partial charge in [-0.25, -0.2) is 4.99 Å². The van der Waals surface area contributed by atoms with Crippen LogP contribution in [0.1, 0.15) is 17.0 Å². The Balaban J connectivity index is 1.74. The standard InChI is InChI=1S/C21H20ClN3/c1-15-3-4-16(2)25(15)20-12-5-17(6-13-20)7-14-21(23)24-19-10-8-18(22)9-11-19/h3-14H,1-2H3,(H2,23,24)/b14-7+. The van der Waals surface area contributed by atoms with Crippen molar-refractivity contribution in [2.45, 2.75) is 13.8 Å². The SMILES string of the molecule is Cc1ccc(C)n1-c1ccc(/C=C/C(N)=Nc2ccc(Cl)cc2)cc1. The molecule has 1 aromatic heterocycles. The van der Waals surface area contributed by atoms with Gasteiger partial charge in [-0.1, -0.05) is 29.8 Å². The molecular formula is C21H20ClN3. The minimum Gasteiger partial charge on any atom is -0.384 e. The van der Waals surface area contributed by atoms with Gasteiger partial charge in [0.2, 0.25) is 0 Å². The average Bonchev–Trinajstić information content (AvgIpc) is 2.94. The first-order valence-corrected chi connectivity index (χ1v) is 8.44. The molecule has 0 spiro atoms. The van der Waals surface area contributed by atoms with E-state index in [1.165, 1.54) is 11.4 Å². The lowest BCUT2D eigenvalue weighted by molar-refractivity contribution is 0.966. The fourth-order valence-electron chi connectivity index (χ4n) is 2.69. The molecule has 0 radical (unpaired) electrons. The van der Waals surface area contributed by atoms with Gasteiger partial charge in [-0.15, -0.1) is 0 Å². The van der Waals surface area contributed by atoms with Gasteiger partial charge in [-0.2, -0.15) is 0 Å². The number of nitrogens with two attached hydrogens (primary N) is 1. The summed E-state index contributed by atoms with van der Waals surface area (Å²) >= 11 is 5.86. The number of benzene rings is 2. The van der Waals surface area contributed by atoms with Crippen LogP contribution in [0.3, 0.4) is 0 Å². The number of hydrogen-bond donors (Lipinski definition) is 1. The highest BCUT2D eigenvalue weighted by Crippen LogP contribution is 2.18. The predicted molar refractivity (Wildman–Crippen MR) is 107 cm³/mol. The third-order valence-electron chi connectivity index (χ3n) is 3.95. The minimum atomic E-state index is 0.448. The third kappa shape index (κ3) is 4.20. The minimum absolute atomic E-state index is 0.448. The smallest absolute Gasteiger partial charge is 0.124 e. The van der Waals surface area contributed by atoms with E-state index in [0.29, 0.717) is 10.9 Å². The van der Waals surface area contributed by atoms with Gasteiger partial charge in [0.05, 0.1) is 5.69 Å². The molecule has 0 saturated carbocycles. The van der Waals surface area contributed by atoms with Crippen LogP contribution < -0.4 is 5.73 Å². The summed E-state index contributed by atoms with van der Waals surface area (Å²) in [5.74, 6) is 0.448. The van der Waals surface area contributed by atoms with Gasteiger partial charge < -0.3 is 10.3 Å². The molecule has 3 aromatic rings. The number of aromatic nitrogens is 1. The first kappa shape index (κ1) is 17.1. The van der Waals surface area contributed by atoms with Crippen molar-refractivity contribution in [2.75, 3.05) is 0 Å². The normalized spacial score (nSPS) is 12.0. The summed E-state index contributed by atoms with van der Waals surface area (Å²) in [6.45, 7) is 4.21. The summed E-state index contributed by atoms with van der Waals surface area (Å²) < 4.78 is 2.23. The third-order valence-corrected chi connectivity index (χ3v) is 4.21. The molecule has 126 valence electrons. The number of amidine groups is 1. The number of halogens is 1. The van der Waals surface area contributed by atoms with Crippen LogP contribution in [-0.4, -0.2) is 10.4 Å². The van der Waals surface area contributed by atoms with Crippen molar-refractivity contribution in [3.63, 3.8) is 0 Å². The van der Waals surface area contributed by atoms with Crippen molar-refractivity contribution in [1.29, 1.82) is 0 Å². The first-order valence-electron chi connectivity index (χ1n) is 8.06. The van der Waals surface area contributed by atoms with E-state index in [0.717, 1.165) is 16.9 Å². The lowest BCUT2D eigenvalue weighted by Gasteiger charge is -2.09. The molecule has 0 bridgehead atoms. The van der Waals surface area contributed by atoms with Crippen molar-refractivity contribution in [2.24, 2.45) is 10.7 Å². The fourth-order valence-corrected chi connectivity index (χ4v) is 2.82. The summed E-state index contributed by atoms with van der Waals surface area (Å²) in [6.07, 6.45) is 3.75. The summed E-state index contributed by atoms with van der Waals surface area (Å²) in [5, 5.41) is 0.682. The molecule has 0 unspecified atom stereocenters. The van der Waals surface area contributed by atoms with Crippen LogP contribution >= 0.6 is 11.6 Å². The number of rotatable bonds is 4. The van der Waals surface area contributed by atoms with E-state index in [9.17, 15) is 0 Å². The molecule has 0 aliphatic rings. The van der Waals surface area contributed by atoms with Crippen LogP contribution in [0.4, 0.5) is 5.69 Å². The number of aryl methyl sites for hydroxylation is 2. The quantitative estimate of drug-likeness (QED) is 0.494. The molecule has 0 amide bonds. The summed E-state index contributed by atoms with van der Waals surface area (Å²) in [7, 11) is 0. The molecule has 25 heavy (non-hydrogen) atoms. The molecule has 2 N–H and O–H groups in total. The second-order valence-electron chi connectivity index (χ2n) is 5.89. The van der Waals surface area contributed by atoms with Crippen molar-refractivity contribution >= 4 is 29.2 Å². The van der Waals surface area contributed by atoms with E-state index in [1.54, 1.807) is 18.2 Å². The monoisotopic (exact) mass is 349 g/mol. The largest absolute Gasteiger partial charge is 0.384 e. The van der Waals surface area contributed by atoms with Gasteiger partial charge in [-0.3, -0.25) is 0 Å². The van der Waals surface area contributed by atoms with E-state index < -0.39 is 0 Å². The number of hydrogen-bond acceptors (Lipinski definition) is 1. The topological polar surface area (TPSA) is 43.3 Å². The van der Waals surface area contributed by atoms with Gasteiger partial charge >= 0.3 is 0 Å². The summed E-state index contributed by atoms with van der Waals surface area (Å²) in [6, 6.07) is 19.8. The van der Waals surface area contributed by atoms with Crippen molar-refractivity contribution < 1.29 is 0 Å². The van der Waals surface area contributed by atoms with Crippen LogP contribution in [0.15, 0.2) is 71.7 Å². The maximum atomic E-state index is 5.96. The lowest BCUT2D eigenvalue weighted by atomic mass is 10.2. The van der Waals surface area contributed by atoms with E-state index in [4.69, 9.17) is 17.3 Å². The molecule has 1 heterocycles. The van der Waals surface area contributed by atoms with Crippen LogP contribution in [0.2, 0.25) is 5.02 Å². The van der Waals surface area contributed by atoms with Gasteiger partial charge in [-0.05, 0) is 74.0 Å². The Morgan fingerprint density at radius 2 is 1.52 bits per heavy atom. The van der Waals surface area contributed by atoms with Gasteiger partial charge in [0.25, 0.3) is 0 Å². The number of aliphatic imine (C=N–C) groups is 1. The second-order valence-corrected chi connectivity index (χ2v) is 6.33. The van der Waals surface area contributed by atoms with E-state index in [-0.39, 0.29) is 0 Å². The second kappa shape index (κ2) is 7.41. The Hall–Kier alpha value is -2.78. The van der Waals surface area contributed by atoms with E-state index >= 15 is 0 Å². The van der Waals surface area contributed by atoms with Crippen LogP contribution in [0.25, 0.3) is 11.8 Å². The first-order chi connectivity index (χ1) is 12.0. The van der Waals surface area contributed by atoms with Crippen LogP contribution in [0, 0.1) is 13.8 Å².